The minimum Gasteiger partial charge on any atom is -0.493 e. The van der Waals surface area contributed by atoms with Crippen LogP contribution in [0.1, 0.15) is 18.4 Å². The van der Waals surface area contributed by atoms with Gasteiger partial charge in [0.05, 0.1) is 17.2 Å². The summed E-state index contributed by atoms with van der Waals surface area (Å²) in [7, 11) is -3.47. The second-order valence-corrected chi connectivity index (χ2v) is 7.70. The summed E-state index contributed by atoms with van der Waals surface area (Å²) in [5.41, 5.74) is 0.861. The molecular weight excluding hydrogens is 345 g/mol. The number of anilines is 1. The van der Waals surface area contributed by atoms with Crippen LogP contribution in [-0.4, -0.2) is 27.2 Å². The average Bonchev–Trinajstić information content (AvgIpc) is 2.54. The third-order valence-corrected chi connectivity index (χ3v) is 4.65. The molecule has 1 N–H and O–H groups in total. The predicted octanol–water partition coefficient (Wildman–Crippen LogP) is 3.34. The molecule has 0 aliphatic rings. The van der Waals surface area contributed by atoms with E-state index in [9.17, 15) is 17.6 Å². The molecule has 0 radical (unpaired) electrons. The Hall–Kier alpha value is -2.41. The van der Waals surface area contributed by atoms with Crippen LogP contribution in [-0.2, 0) is 14.6 Å². The van der Waals surface area contributed by atoms with Crippen LogP contribution in [0.15, 0.2) is 47.4 Å². The first-order valence-electron chi connectivity index (χ1n) is 7.75. The van der Waals surface area contributed by atoms with Gasteiger partial charge in [-0.15, -0.1) is 0 Å². The van der Waals surface area contributed by atoms with E-state index in [1.165, 1.54) is 0 Å². The second kappa shape index (κ2) is 8.11. The van der Waals surface area contributed by atoms with Gasteiger partial charge in [-0.3, -0.25) is 4.79 Å². The molecule has 0 bridgehead atoms. The fourth-order valence-corrected chi connectivity index (χ4v) is 2.82. The lowest BCUT2D eigenvalue weighted by molar-refractivity contribution is -0.116. The number of hydrogen-bond donors (Lipinski definition) is 1. The summed E-state index contributed by atoms with van der Waals surface area (Å²) >= 11 is 0. The first-order valence-corrected chi connectivity index (χ1v) is 9.64. The van der Waals surface area contributed by atoms with Crippen molar-refractivity contribution in [2.24, 2.45) is 0 Å². The topological polar surface area (TPSA) is 72.5 Å². The molecule has 2 aromatic rings. The number of carbonyl (C=O) groups excluding carboxylic acids is 1. The second-order valence-electron chi connectivity index (χ2n) is 5.68. The van der Waals surface area contributed by atoms with E-state index in [0.29, 0.717) is 13.0 Å². The SMILES string of the molecule is Cc1ccccc1OCCCC(=O)Nc1cc(S(C)(=O)=O)ccc1F. The highest BCUT2D eigenvalue weighted by Crippen LogP contribution is 2.20. The Bertz CT molecular complexity index is 865. The van der Waals surface area contributed by atoms with Crippen LogP contribution in [0.5, 0.6) is 5.75 Å². The van der Waals surface area contributed by atoms with E-state index < -0.39 is 21.6 Å². The largest absolute Gasteiger partial charge is 0.493 e. The number of aryl methyl sites for hydroxylation is 1. The molecule has 0 aromatic heterocycles. The number of ether oxygens (including phenoxy) is 1. The third-order valence-electron chi connectivity index (χ3n) is 3.54. The fraction of sp³-hybridized carbons (Fsp3) is 0.278. The Balaban J connectivity index is 1.87. The summed E-state index contributed by atoms with van der Waals surface area (Å²) in [5.74, 6) is -0.329. The maximum Gasteiger partial charge on any atom is 0.224 e. The molecule has 1 amide bonds. The molecule has 5 nitrogen and oxygen atoms in total. The van der Waals surface area contributed by atoms with Gasteiger partial charge >= 0.3 is 0 Å². The van der Waals surface area contributed by atoms with Crippen LogP contribution in [0.3, 0.4) is 0 Å². The smallest absolute Gasteiger partial charge is 0.224 e. The zero-order valence-corrected chi connectivity index (χ0v) is 14.9. The zero-order valence-electron chi connectivity index (χ0n) is 14.1. The van der Waals surface area contributed by atoms with Crippen molar-refractivity contribution in [3.63, 3.8) is 0 Å². The Morgan fingerprint density at radius 3 is 2.60 bits per heavy atom. The van der Waals surface area contributed by atoms with E-state index in [2.05, 4.69) is 5.32 Å². The van der Waals surface area contributed by atoms with E-state index >= 15 is 0 Å². The lowest BCUT2D eigenvalue weighted by Gasteiger charge is -2.10. The lowest BCUT2D eigenvalue weighted by atomic mass is 10.2. The van der Waals surface area contributed by atoms with Crippen molar-refractivity contribution in [3.05, 3.63) is 53.8 Å². The van der Waals surface area contributed by atoms with Crippen molar-refractivity contribution in [1.82, 2.24) is 0 Å². The summed E-state index contributed by atoms with van der Waals surface area (Å²) in [6.07, 6.45) is 1.61. The van der Waals surface area contributed by atoms with Crippen LogP contribution in [0.25, 0.3) is 0 Å². The molecule has 0 aliphatic carbocycles. The summed E-state index contributed by atoms with van der Waals surface area (Å²) < 4.78 is 42.3. The van der Waals surface area contributed by atoms with E-state index in [0.717, 1.165) is 35.8 Å². The number of benzene rings is 2. The number of carbonyl (C=O) groups is 1. The van der Waals surface area contributed by atoms with Gasteiger partial charge < -0.3 is 10.1 Å². The summed E-state index contributed by atoms with van der Waals surface area (Å²) in [6, 6.07) is 10.9. The minimum absolute atomic E-state index is 0.0490. The normalized spacial score (nSPS) is 11.2. The molecule has 0 atom stereocenters. The van der Waals surface area contributed by atoms with Crippen LogP contribution >= 0.6 is 0 Å². The van der Waals surface area contributed by atoms with E-state index in [1.54, 1.807) is 0 Å². The highest BCUT2D eigenvalue weighted by molar-refractivity contribution is 7.90. The Kier molecular flexibility index (Phi) is 6.14. The van der Waals surface area contributed by atoms with Gasteiger partial charge in [0, 0.05) is 12.7 Å². The maximum absolute atomic E-state index is 13.7. The van der Waals surface area contributed by atoms with Gasteiger partial charge in [0.2, 0.25) is 5.91 Å². The van der Waals surface area contributed by atoms with Gasteiger partial charge in [0.25, 0.3) is 0 Å². The van der Waals surface area contributed by atoms with Crippen LogP contribution < -0.4 is 10.1 Å². The fourth-order valence-electron chi connectivity index (χ4n) is 2.18. The first kappa shape index (κ1) is 18.9. The predicted molar refractivity (Wildman–Crippen MR) is 94.0 cm³/mol. The first-order chi connectivity index (χ1) is 11.8. The number of sulfone groups is 1. The Morgan fingerprint density at radius 1 is 1.20 bits per heavy atom. The van der Waals surface area contributed by atoms with Gasteiger partial charge in [0.15, 0.2) is 9.84 Å². The number of amides is 1. The van der Waals surface area contributed by atoms with Crippen molar-refractivity contribution >= 4 is 21.4 Å². The number of para-hydroxylation sites is 1. The molecule has 134 valence electrons. The van der Waals surface area contributed by atoms with Gasteiger partial charge in [-0.25, -0.2) is 12.8 Å². The highest BCUT2D eigenvalue weighted by atomic mass is 32.2. The van der Waals surface area contributed by atoms with Crippen LogP contribution in [0.2, 0.25) is 0 Å². The molecule has 25 heavy (non-hydrogen) atoms. The number of hydrogen-bond acceptors (Lipinski definition) is 4. The summed E-state index contributed by atoms with van der Waals surface area (Å²) in [6.45, 7) is 2.28. The standard InChI is InChI=1S/C18H20FNO4S/c1-13-6-3-4-7-17(13)24-11-5-8-18(21)20-16-12-14(25(2,22)23)9-10-15(16)19/h3-4,6-7,9-10,12H,5,8,11H2,1-2H3,(H,20,21). The minimum atomic E-state index is -3.47. The Labute approximate surface area is 146 Å². The third kappa shape index (κ3) is 5.56. The molecule has 0 heterocycles. The molecule has 7 heteroatoms. The monoisotopic (exact) mass is 365 g/mol. The molecule has 0 aliphatic heterocycles. The van der Waals surface area contributed by atoms with E-state index in [-0.39, 0.29) is 17.0 Å². The van der Waals surface area contributed by atoms with Crippen molar-refractivity contribution < 1.29 is 22.3 Å². The number of nitrogens with one attached hydrogen (secondary N) is 1. The summed E-state index contributed by atoms with van der Waals surface area (Å²) in [4.78, 5) is 11.9. The van der Waals surface area contributed by atoms with Gasteiger partial charge in [-0.1, -0.05) is 18.2 Å². The molecule has 2 rings (SSSR count). The van der Waals surface area contributed by atoms with Crippen LogP contribution in [0, 0.1) is 12.7 Å². The van der Waals surface area contributed by atoms with Gasteiger partial charge in [-0.05, 0) is 43.2 Å². The van der Waals surface area contributed by atoms with Crippen molar-refractivity contribution in [2.75, 3.05) is 18.2 Å². The van der Waals surface area contributed by atoms with E-state index in [1.807, 2.05) is 31.2 Å². The Morgan fingerprint density at radius 2 is 1.92 bits per heavy atom. The quantitative estimate of drug-likeness (QED) is 0.603. The van der Waals surface area contributed by atoms with Crippen molar-refractivity contribution in [3.8, 4) is 5.75 Å². The van der Waals surface area contributed by atoms with Gasteiger partial charge in [0.1, 0.15) is 11.6 Å². The molecule has 0 saturated carbocycles. The van der Waals surface area contributed by atoms with Crippen molar-refractivity contribution in [1.29, 1.82) is 0 Å². The summed E-state index contributed by atoms with van der Waals surface area (Å²) in [5, 5.41) is 2.40. The number of halogens is 1. The molecule has 0 unspecified atom stereocenters. The molecule has 2 aromatic carbocycles. The molecular formula is C18H20FNO4S. The van der Waals surface area contributed by atoms with E-state index in [4.69, 9.17) is 4.74 Å². The lowest BCUT2D eigenvalue weighted by Crippen LogP contribution is -2.14. The molecule has 0 saturated heterocycles. The molecule has 0 fully saturated rings. The maximum atomic E-state index is 13.7. The van der Waals surface area contributed by atoms with Gasteiger partial charge in [-0.2, -0.15) is 0 Å². The van der Waals surface area contributed by atoms with Crippen LogP contribution in [0.4, 0.5) is 10.1 Å². The average molecular weight is 365 g/mol. The highest BCUT2D eigenvalue weighted by Gasteiger charge is 2.13. The zero-order chi connectivity index (χ0) is 18.4. The number of rotatable bonds is 7. The molecule has 0 spiro atoms. The van der Waals surface area contributed by atoms with Crippen molar-refractivity contribution in [2.45, 2.75) is 24.7 Å².